The molecule has 0 aliphatic heterocycles. The van der Waals surface area contributed by atoms with E-state index in [1.54, 1.807) is 7.11 Å². The van der Waals surface area contributed by atoms with Gasteiger partial charge in [-0.15, -0.1) is 16.4 Å². The molecule has 1 aromatic carbocycles. The van der Waals surface area contributed by atoms with E-state index in [9.17, 15) is 4.79 Å². The Morgan fingerprint density at radius 1 is 1.19 bits per heavy atom. The Labute approximate surface area is 161 Å². The van der Waals surface area contributed by atoms with Gasteiger partial charge in [-0.1, -0.05) is 12.1 Å². The summed E-state index contributed by atoms with van der Waals surface area (Å²) in [6.45, 7) is 5.25. The summed E-state index contributed by atoms with van der Waals surface area (Å²) in [6, 6.07) is 7.56. The van der Waals surface area contributed by atoms with Crippen LogP contribution in [0.3, 0.4) is 0 Å². The van der Waals surface area contributed by atoms with Crippen molar-refractivity contribution < 1.29 is 14.3 Å². The van der Waals surface area contributed by atoms with Gasteiger partial charge in [0.1, 0.15) is 22.1 Å². The third-order valence-electron chi connectivity index (χ3n) is 4.27. The third-order valence-corrected chi connectivity index (χ3v) is 5.36. The Morgan fingerprint density at radius 3 is 2.63 bits per heavy atom. The number of aromatic nitrogens is 2. The van der Waals surface area contributed by atoms with E-state index in [0.717, 1.165) is 28.0 Å². The number of thiophene rings is 1. The highest BCUT2D eigenvalue weighted by molar-refractivity contribution is 7.21. The van der Waals surface area contributed by atoms with E-state index in [1.165, 1.54) is 11.3 Å². The second-order valence-corrected chi connectivity index (χ2v) is 7.10. The van der Waals surface area contributed by atoms with Crippen molar-refractivity contribution in [1.29, 1.82) is 0 Å². The zero-order valence-electron chi connectivity index (χ0n) is 15.5. The Kier molecular flexibility index (Phi) is 5.88. The molecule has 0 aliphatic carbocycles. The number of hydrogen-bond acceptors (Lipinski definition) is 7. The van der Waals surface area contributed by atoms with Gasteiger partial charge in [-0.25, -0.2) is 0 Å². The summed E-state index contributed by atoms with van der Waals surface area (Å²) < 4.78 is 10.5. The highest BCUT2D eigenvalue weighted by atomic mass is 32.1. The zero-order valence-corrected chi connectivity index (χ0v) is 16.4. The fourth-order valence-corrected chi connectivity index (χ4v) is 3.64. The lowest BCUT2D eigenvalue weighted by Gasteiger charge is -2.08. The Bertz CT molecular complexity index is 954. The molecular formula is C19H22N4O3S. The average molecular weight is 386 g/mol. The normalized spacial score (nSPS) is 10.9. The van der Waals surface area contributed by atoms with E-state index in [4.69, 9.17) is 15.2 Å². The monoisotopic (exact) mass is 386 g/mol. The van der Waals surface area contributed by atoms with E-state index in [2.05, 4.69) is 15.5 Å². The fraction of sp³-hybridized carbons (Fsp3) is 0.316. The number of anilines is 1. The topological polar surface area (TPSA) is 99.4 Å². The molecule has 142 valence electrons. The Morgan fingerprint density at radius 2 is 1.93 bits per heavy atom. The zero-order chi connectivity index (χ0) is 19.4. The van der Waals surface area contributed by atoms with Crippen molar-refractivity contribution in [3.8, 4) is 5.75 Å². The molecule has 2 heterocycles. The summed E-state index contributed by atoms with van der Waals surface area (Å²) in [4.78, 5) is 13.7. The molecular weight excluding hydrogens is 364 g/mol. The largest absolute Gasteiger partial charge is 0.491 e. The summed E-state index contributed by atoms with van der Waals surface area (Å²) in [5.41, 5.74) is 9.41. The third kappa shape index (κ3) is 4.17. The molecule has 0 radical (unpaired) electrons. The SMILES string of the molecule is COCCOc1ccc(CNC(=O)c2sc3nnc(C)c(C)c3c2N)cc1. The number of rotatable bonds is 7. The van der Waals surface area contributed by atoms with Gasteiger partial charge in [-0.3, -0.25) is 4.79 Å². The van der Waals surface area contributed by atoms with Crippen molar-refractivity contribution in [3.05, 3.63) is 46.0 Å². The van der Waals surface area contributed by atoms with Gasteiger partial charge in [-0.05, 0) is 37.1 Å². The minimum absolute atomic E-state index is 0.215. The molecule has 8 heteroatoms. The molecule has 2 aromatic heterocycles. The fourth-order valence-electron chi connectivity index (χ4n) is 2.62. The lowest BCUT2D eigenvalue weighted by Crippen LogP contribution is -2.22. The number of nitrogens with one attached hydrogen (secondary N) is 1. The number of fused-ring (bicyclic) bond motifs is 1. The van der Waals surface area contributed by atoms with Gasteiger partial charge >= 0.3 is 0 Å². The second kappa shape index (κ2) is 8.32. The first-order valence-electron chi connectivity index (χ1n) is 8.52. The molecule has 3 rings (SSSR count). The molecule has 0 aliphatic rings. The van der Waals surface area contributed by atoms with Crippen LogP contribution in [0.2, 0.25) is 0 Å². The molecule has 0 bridgehead atoms. The molecule has 3 N–H and O–H groups in total. The first-order valence-corrected chi connectivity index (χ1v) is 9.33. The van der Waals surface area contributed by atoms with Crippen LogP contribution < -0.4 is 15.8 Å². The maximum Gasteiger partial charge on any atom is 0.263 e. The van der Waals surface area contributed by atoms with Crippen LogP contribution in [-0.4, -0.2) is 36.4 Å². The van der Waals surface area contributed by atoms with Crippen molar-refractivity contribution in [1.82, 2.24) is 15.5 Å². The quantitative estimate of drug-likeness (QED) is 0.606. The molecule has 1 amide bonds. The molecule has 0 saturated heterocycles. The van der Waals surface area contributed by atoms with Crippen molar-refractivity contribution in [2.24, 2.45) is 0 Å². The number of carbonyl (C=O) groups is 1. The number of nitrogens with two attached hydrogens (primary N) is 1. The lowest BCUT2D eigenvalue weighted by molar-refractivity contribution is 0.0956. The van der Waals surface area contributed by atoms with Crippen molar-refractivity contribution in [3.63, 3.8) is 0 Å². The number of benzene rings is 1. The van der Waals surface area contributed by atoms with Crippen LogP contribution in [-0.2, 0) is 11.3 Å². The number of aryl methyl sites for hydroxylation is 2. The van der Waals surface area contributed by atoms with Crippen LogP contribution in [0.5, 0.6) is 5.75 Å². The molecule has 0 saturated carbocycles. The van der Waals surface area contributed by atoms with Crippen molar-refractivity contribution in [2.75, 3.05) is 26.1 Å². The van der Waals surface area contributed by atoms with Gasteiger partial charge in [-0.2, -0.15) is 5.10 Å². The summed E-state index contributed by atoms with van der Waals surface area (Å²) in [6.07, 6.45) is 0. The maximum absolute atomic E-state index is 12.6. The summed E-state index contributed by atoms with van der Waals surface area (Å²) in [5, 5.41) is 12.0. The average Bonchev–Trinajstić information content (AvgIpc) is 3.01. The number of nitrogen functional groups attached to an aromatic ring is 1. The van der Waals surface area contributed by atoms with E-state index in [1.807, 2.05) is 38.1 Å². The summed E-state index contributed by atoms with van der Waals surface area (Å²) >= 11 is 1.26. The van der Waals surface area contributed by atoms with E-state index in [-0.39, 0.29) is 5.91 Å². The smallest absolute Gasteiger partial charge is 0.263 e. The number of carbonyl (C=O) groups excluding carboxylic acids is 1. The summed E-state index contributed by atoms with van der Waals surface area (Å²) in [7, 11) is 1.63. The molecule has 7 nitrogen and oxygen atoms in total. The number of methoxy groups -OCH3 is 1. The number of amides is 1. The highest BCUT2D eigenvalue weighted by Gasteiger charge is 2.19. The van der Waals surface area contributed by atoms with Crippen LogP contribution in [0.25, 0.3) is 10.2 Å². The maximum atomic E-state index is 12.6. The van der Waals surface area contributed by atoms with E-state index < -0.39 is 0 Å². The first kappa shape index (κ1) is 19.1. The van der Waals surface area contributed by atoms with Gasteiger partial charge in [0.05, 0.1) is 18.0 Å². The van der Waals surface area contributed by atoms with Crippen molar-refractivity contribution >= 4 is 33.1 Å². The van der Waals surface area contributed by atoms with Gasteiger partial charge in [0.25, 0.3) is 5.91 Å². The van der Waals surface area contributed by atoms with Crippen LogP contribution in [0.1, 0.15) is 26.5 Å². The second-order valence-electron chi connectivity index (χ2n) is 6.10. The Hall–Kier alpha value is -2.71. The molecule has 0 atom stereocenters. The van der Waals surface area contributed by atoms with Gasteiger partial charge in [0, 0.05) is 19.0 Å². The standard InChI is InChI=1S/C19H22N4O3S/c1-11-12(2)22-23-19-15(11)16(20)17(27-19)18(24)21-10-13-4-6-14(7-5-13)26-9-8-25-3/h4-7H,8-10,20H2,1-3H3,(H,21,24). The van der Waals surface area contributed by atoms with Crippen LogP contribution in [0.4, 0.5) is 5.69 Å². The van der Waals surface area contributed by atoms with E-state index >= 15 is 0 Å². The highest BCUT2D eigenvalue weighted by Crippen LogP contribution is 2.34. The van der Waals surface area contributed by atoms with Crippen LogP contribution in [0.15, 0.2) is 24.3 Å². The minimum Gasteiger partial charge on any atom is -0.491 e. The molecule has 27 heavy (non-hydrogen) atoms. The van der Waals surface area contributed by atoms with Crippen LogP contribution >= 0.6 is 11.3 Å². The molecule has 0 unspecified atom stereocenters. The van der Waals surface area contributed by atoms with Gasteiger partial charge in [0.2, 0.25) is 0 Å². The predicted molar refractivity (Wildman–Crippen MR) is 106 cm³/mol. The predicted octanol–water partition coefficient (Wildman–Crippen LogP) is 2.85. The van der Waals surface area contributed by atoms with E-state index in [0.29, 0.717) is 35.2 Å². The van der Waals surface area contributed by atoms with Gasteiger partial charge in [0.15, 0.2) is 0 Å². The number of hydrogen-bond donors (Lipinski definition) is 2. The molecule has 3 aromatic rings. The van der Waals surface area contributed by atoms with Crippen molar-refractivity contribution in [2.45, 2.75) is 20.4 Å². The Balaban J connectivity index is 1.67. The molecule has 0 fully saturated rings. The van der Waals surface area contributed by atoms with Gasteiger partial charge < -0.3 is 20.5 Å². The van der Waals surface area contributed by atoms with Crippen LogP contribution in [0, 0.1) is 13.8 Å². The lowest BCUT2D eigenvalue weighted by atomic mass is 10.1. The number of nitrogens with zero attached hydrogens (tertiary/aromatic N) is 2. The summed E-state index contributed by atoms with van der Waals surface area (Å²) in [5.74, 6) is 0.549. The number of ether oxygens (including phenoxy) is 2. The minimum atomic E-state index is -0.215. The molecule has 0 spiro atoms. The first-order chi connectivity index (χ1) is 13.0.